The number of aromatic nitrogens is 2. The van der Waals surface area contributed by atoms with Crippen LogP contribution in [0.2, 0.25) is 0 Å². The Hall–Kier alpha value is -1.61. The Labute approximate surface area is 127 Å². The highest BCUT2D eigenvalue weighted by Gasteiger charge is 2.30. The van der Waals surface area contributed by atoms with Gasteiger partial charge in [0.1, 0.15) is 0 Å². The van der Waals surface area contributed by atoms with Gasteiger partial charge < -0.3 is 5.73 Å². The Balaban J connectivity index is 1.65. The molecule has 1 aromatic heterocycles. The van der Waals surface area contributed by atoms with Crippen molar-refractivity contribution in [3.05, 3.63) is 53.3 Å². The van der Waals surface area contributed by atoms with E-state index in [2.05, 4.69) is 55.1 Å². The second-order valence-electron chi connectivity index (χ2n) is 6.13. The summed E-state index contributed by atoms with van der Waals surface area (Å²) in [5.74, 6) is 0.500. The van der Waals surface area contributed by atoms with Crippen LogP contribution >= 0.6 is 0 Å². The van der Waals surface area contributed by atoms with Crippen molar-refractivity contribution in [2.75, 3.05) is 0 Å². The van der Waals surface area contributed by atoms with E-state index in [1.54, 1.807) is 0 Å². The molecule has 112 valence electrons. The van der Waals surface area contributed by atoms with Gasteiger partial charge in [-0.3, -0.25) is 4.68 Å². The lowest BCUT2D eigenvalue weighted by atomic mass is 9.73. The lowest BCUT2D eigenvalue weighted by Crippen LogP contribution is -2.37. The monoisotopic (exact) mass is 283 g/mol. The number of hydrogen-bond donors (Lipinski definition) is 1. The highest BCUT2D eigenvalue weighted by atomic mass is 15.3. The minimum Gasteiger partial charge on any atom is -0.327 e. The number of hydrogen-bond acceptors (Lipinski definition) is 2. The standard InChI is InChI=1S/C18H25N3/c1-3-15(4-2)21-10-9-14(20-21)12-18(19)17-11-13-7-5-6-8-16(13)17/h5-10,15,17-18H,3-4,11-12,19H2,1-2H3. The van der Waals surface area contributed by atoms with Gasteiger partial charge in [0.25, 0.3) is 0 Å². The third-order valence-electron chi connectivity index (χ3n) is 4.84. The normalized spacial score (nSPS) is 18.4. The van der Waals surface area contributed by atoms with E-state index in [9.17, 15) is 0 Å². The summed E-state index contributed by atoms with van der Waals surface area (Å²) in [6.45, 7) is 4.43. The van der Waals surface area contributed by atoms with Crippen LogP contribution in [0.3, 0.4) is 0 Å². The van der Waals surface area contributed by atoms with Crippen LogP contribution in [0.5, 0.6) is 0 Å². The van der Waals surface area contributed by atoms with Gasteiger partial charge in [-0.15, -0.1) is 0 Å². The van der Waals surface area contributed by atoms with Gasteiger partial charge in [-0.25, -0.2) is 0 Å². The van der Waals surface area contributed by atoms with E-state index in [0.29, 0.717) is 12.0 Å². The largest absolute Gasteiger partial charge is 0.327 e. The Morgan fingerprint density at radius 3 is 2.71 bits per heavy atom. The number of benzene rings is 1. The average Bonchev–Trinajstić information content (AvgIpc) is 2.90. The Bertz CT molecular complexity index is 598. The third-order valence-corrected chi connectivity index (χ3v) is 4.84. The number of nitrogens with two attached hydrogens (primary N) is 1. The lowest BCUT2D eigenvalue weighted by Gasteiger charge is -2.34. The van der Waals surface area contributed by atoms with Crippen LogP contribution in [0.4, 0.5) is 0 Å². The summed E-state index contributed by atoms with van der Waals surface area (Å²) in [7, 11) is 0. The maximum absolute atomic E-state index is 6.43. The highest BCUT2D eigenvalue weighted by Crippen LogP contribution is 2.37. The summed E-state index contributed by atoms with van der Waals surface area (Å²) in [6, 6.07) is 11.5. The third kappa shape index (κ3) is 2.75. The van der Waals surface area contributed by atoms with E-state index in [1.165, 1.54) is 11.1 Å². The van der Waals surface area contributed by atoms with Crippen molar-refractivity contribution < 1.29 is 0 Å². The average molecular weight is 283 g/mol. The predicted molar refractivity (Wildman–Crippen MR) is 86.4 cm³/mol. The van der Waals surface area contributed by atoms with Crippen molar-refractivity contribution in [1.29, 1.82) is 0 Å². The highest BCUT2D eigenvalue weighted by molar-refractivity contribution is 5.41. The van der Waals surface area contributed by atoms with E-state index in [-0.39, 0.29) is 6.04 Å². The number of fused-ring (bicyclic) bond motifs is 1. The molecule has 2 unspecified atom stereocenters. The fourth-order valence-electron chi connectivity index (χ4n) is 3.42. The molecule has 0 radical (unpaired) electrons. The molecule has 1 aliphatic carbocycles. The SMILES string of the molecule is CCC(CC)n1ccc(CC(N)C2Cc3ccccc32)n1. The van der Waals surface area contributed by atoms with Gasteiger partial charge in [0.05, 0.1) is 11.7 Å². The van der Waals surface area contributed by atoms with Crippen molar-refractivity contribution in [1.82, 2.24) is 9.78 Å². The second-order valence-corrected chi connectivity index (χ2v) is 6.13. The molecular formula is C18H25N3. The summed E-state index contributed by atoms with van der Waals surface area (Å²) in [5, 5.41) is 4.73. The first-order chi connectivity index (χ1) is 10.2. The summed E-state index contributed by atoms with van der Waals surface area (Å²) in [4.78, 5) is 0. The Morgan fingerprint density at radius 2 is 2.00 bits per heavy atom. The number of nitrogens with zero attached hydrogens (tertiary/aromatic N) is 2. The van der Waals surface area contributed by atoms with Crippen LogP contribution in [0.15, 0.2) is 36.5 Å². The second kappa shape index (κ2) is 6.02. The zero-order valence-electron chi connectivity index (χ0n) is 13.0. The molecule has 0 amide bonds. The first-order valence-electron chi connectivity index (χ1n) is 8.10. The first kappa shape index (κ1) is 14.3. The first-order valence-corrected chi connectivity index (χ1v) is 8.10. The van der Waals surface area contributed by atoms with Crippen molar-refractivity contribution >= 4 is 0 Å². The summed E-state index contributed by atoms with van der Waals surface area (Å²) in [5.41, 5.74) is 10.4. The summed E-state index contributed by atoms with van der Waals surface area (Å²) < 4.78 is 2.11. The smallest absolute Gasteiger partial charge is 0.0640 e. The van der Waals surface area contributed by atoms with Crippen LogP contribution in [0.25, 0.3) is 0 Å². The van der Waals surface area contributed by atoms with Gasteiger partial charge in [0.15, 0.2) is 0 Å². The molecule has 0 aliphatic heterocycles. The lowest BCUT2D eigenvalue weighted by molar-refractivity contribution is 0.420. The van der Waals surface area contributed by atoms with Gasteiger partial charge in [0, 0.05) is 24.6 Å². The van der Waals surface area contributed by atoms with Crippen molar-refractivity contribution in [2.45, 2.75) is 57.5 Å². The molecule has 3 heteroatoms. The molecule has 21 heavy (non-hydrogen) atoms. The topological polar surface area (TPSA) is 43.8 Å². The summed E-state index contributed by atoms with van der Waals surface area (Å²) in [6.07, 6.45) is 6.34. The maximum atomic E-state index is 6.43. The van der Waals surface area contributed by atoms with E-state index in [1.807, 2.05) is 0 Å². The molecule has 0 spiro atoms. The van der Waals surface area contributed by atoms with E-state index >= 15 is 0 Å². The maximum Gasteiger partial charge on any atom is 0.0640 e. The molecule has 1 aromatic carbocycles. The molecule has 3 rings (SSSR count). The fourth-order valence-corrected chi connectivity index (χ4v) is 3.42. The minimum absolute atomic E-state index is 0.171. The van der Waals surface area contributed by atoms with Crippen LogP contribution in [-0.4, -0.2) is 15.8 Å². The van der Waals surface area contributed by atoms with Crippen LogP contribution in [0, 0.1) is 0 Å². The van der Waals surface area contributed by atoms with Crippen molar-refractivity contribution in [3.63, 3.8) is 0 Å². The predicted octanol–water partition coefficient (Wildman–Crippen LogP) is 3.45. The summed E-state index contributed by atoms with van der Waals surface area (Å²) >= 11 is 0. The van der Waals surface area contributed by atoms with Crippen molar-refractivity contribution in [3.8, 4) is 0 Å². The Kier molecular flexibility index (Phi) is 4.11. The van der Waals surface area contributed by atoms with Crippen LogP contribution in [0.1, 0.15) is 55.5 Å². The zero-order valence-corrected chi connectivity index (χ0v) is 13.0. The van der Waals surface area contributed by atoms with Gasteiger partial charge in [-0.05, 0) is 36.5 Å². The van der Waals surface area contributed by atoms with Gasteiger partial charge in [0.2, 0.25) is 0 Å². The fraction of sp³-hybridized carbons (Fsp3) is 0.500. The molecule has 3 nitrogen and oxygen atoms in total. The van der Waals surface area contributed by atoms with Gasteiger partial charge >= 0.3 is 0 Å². The van der Waals surface area contributed by atoms with Gasteiger partial charge in [-0.1, -0.05) is 38.1 Å². The van der Waals surface area contributed by atoms with E-state index in [0.717, 1.165) is 31.4 Å². The molecule has 2 aromatic rings. The molecule has 0 fully saturated rings. The van der Waals surface area contributed by atoms with Crippen LogP contribution in [-0.2, 0) is 12.8 Å². The molecule has 0 saturated heterocycles. The molecule has 2 N–H and O–H groups in total. The quantitative estimate of drug-likeness (QED) is 0.882. The van der Waals surface area contributed by atoms with Gasteiger partial charge in [-0.2, -0.15) is 5.10 Å². The zero-order chi connectivity index (χ0) is 14.8. The molecule has 0 saturated carbocycles. The Morgan fingerprint density at radius 1 is 1.24 bits per heavy atom. The van der Waals surface area contributed by atoms with Crippen molar-refractivity contribution in [2.24, 2.45) is 5.73 Å². The number of rotatable bonds is 6. The van der Waals surface area contributed by atoms with E-state index < -0.39 is 0 Å². The van der Waals surface area contributed by atoms with E-state index in [4.69, 9.17) is 10.8 Å². The molecule has 1 heterocycles. The van der Waals surface area contributed by atoms with Crippen LogP contribution < -0.4 is 5.73 Å². The molecular weight excluding hydrogens is 258 g/mol. The molecule has 0 bridgehead atoms. The molecule has 1 aliphatic rings. The molecule has 2 atom stereocenters. The minimum atomic E-state index is 0.171.